The highest BCUT2D eigenvalue weighted by Gasteiger charge is 2.24. The van der Waals surface area contributed by atoms with Crippen LogP contribution in [-0.2, 0) is 4.74 Å². The number of nitro groups is 1. The SMILES string of the molecule is CC1CN(c2cc(C(=O)O)ccc2[N+](=O)[O-])CCCO1. The van der Waals surface area contributed by atoms with Crippen molar-refractivity contribution >= 4 is 17.3 Å². The summed E-state index contributed by atoms with van der Waals surface area (Å²) in [4.78, 5) is 23.5. The summed E-state index contributed by atoms with van der Waals surface area (Å²) in [6, 6.07) is 3.86. The summed E-state index contributed by atoms with van der Waals surface area (Å²) in [6.07, 6.45) is 0.698. The molecule has 7 nitrogen and oxygen atoms in total. The van der Waals surface area contributed by atoms with E-state index in [-0.39, 0.29) is 17.4 Å². The van der Waals surface area contributed by atoms with E-state index in [2.05, 4.69) is 0 Å². The van der Waals surface area contributed by atoms with Crippen molar-refractivity contribution in [1.29, 1.82) is 0 Å². The first kappa shape index (κ1) is 14.3. The van der Waals surface area contributed by atoms with Crippen LogP contribution < -0.4 is 4.90 Å². The second-order valence-electron chi connectivity index (χ2n) is 4.75. The Morgan fingerprint density at radius 2 is 2.30 bits per heavy atom. The predicted molar refractivity (Wildman–Crippen MR) is 72.3 cm³/mol. The highest BCUT2D eigenvalue weighted by Crippen LogP contribution is 2.30. The van der Waals surface area contributed by atoms with Gasteiger partial charge in [-0.15, -0.1) is 0 Å². The van der Waals surface area contributed by atoms with Gasteiger partial charge in [-0.2, -0.15) is 0 Å². The number of aromatic carboxylic acids is 1. The average Bonchev–Trinajstić information content (AvgIpc) is 2.62. The van der Waals surface area contributed by atoms with Crippen LogP contribution in [0.15, 0.2) is 18.2 Å². The van der Waals surface area contributed by atoms with Gasteiger partial charge >= 0.3 is 5.97 Å². The second-order valence-corrected chi connectivity index (χ2v) is 4.75. The summed E-state index contributed by atoms with van der Waals surface area (Å²) in [7, 11) is 0. The molecule has 1 aliphatic rings. The largest absolute Gasteiger partial charge is 0.478 e. The molecule has 1 aromatic carbocycles. The highest BCUT2D eigenvalue weighted by molar-refractivity contribution is 5.90. The maximum absolute atomic E-state index is 11.1. The molecule has 1 aromatic rings. The van der Waals surface area contributed by atoms with E-state index < -0.39 is 10.9 Å². The van der Waals surface area contributed by atoms with Crippen molar-refractivity contribution in [3.63, 3.8) is 0 Å². The molecule has 1 saturated heterocycles. The third-order valence-corrected chi connectivity index (χ3v) is 3.21. The van der Waals surface area contributed by atoms with Gasteiger partial charge in [-0.05, 0) is 25.5 Å². The fourth-order valence-electron chi connectivity index (χ4n) is 2.28. The molecule has 1 N–H and O–H groups in total. The molecule has 0 amide bonds. The normalized spacial score (nSPS) is 19.4. The Kier molecular flexibility index (Phi) is 4.19. The van der Waals surface area contributed by atoms with Crippen molar-refractivity contribution in [2.75, 3.05) is 24.6 Å². The van der Waals surface area contributed by atoms with Gasteiger partial charge in [-0.3, -0.25) is 10.1 Å². The number of nitrogens with zero attached hydrogens (tertiary/aromatic N) is 2. The van der Waals surface area contributed by atoms with Crippen molar-refractivity contribution in [3.05, 3.63) is 33.9 Å². The van der Waals surface area contributed by atoms with Crippen LogP contribution in [0, 0.1) is 10.1 Å². The maximum atomic E-state index is 11.1. The van der Waals surface area contributed by atoms with E-state index >= 15 is 0 Å². The molecule has 0 aliphatic carbocycles. The fourth-order valence-corrected chi connectivity index (χ4v) is 2.28. The highest BCUT2D eigenvalue weighted by atomic mass is 16.6. The summed E-state index contributed by atoms with van der Waals surface area (Å²) in [5.74, 6) is -1.10. The monoisotopic (exact) mass is 280 g/mol. The van der Waals surface area contributed by atoms with Crippen LogP contribution in [0.1, 0.15) is 23.7 Å². The first-order valence-electron chi connectivity index (χ1n) is 6.37. The molecular weight excluding hydrogens is 264 g/mol. The Balaban J connectivity index is 2.42. The van der Waals surface area contributed by atoms with Gasteiger partial charge in [-0.25, -0.2) is 4.79 Å². The zero-order valence-corrected chi connectivity index (χ0v) is 11.1. The minimum atomic E-state index is -1.10. The van der Waals surface area contributed by atoms with E-state index in [0.29, 0.717) is 25.4 Å². The van der Waals surface area contributed by atoms with Crippen LogP contribution in [0.2, 0.25) is 0 Å². The molecule has 0 spiro atoms. The lowest BCUT2D eigenvalue weighted by atomic mass is 10.1. The maximum Gasteiger partial charge on any atom is 0.335 e. The molecular formula is C13H16N2O5. The number of carboxylic acid groups (broad SMARTS) is 1. The Morgan fingerprint density at radius 1 is 1.55 bits per heavy atom. The Hall–Kier alpha value is -2.15. The number of nitro benzene ring substituents is 1. The average molecular weight is 280 g/mol. The number of hydrogen-bond donors (Lipinski definition) is 1. The van der Waals surface area contributed by atoms with Crippen LogP contribution in [0.3, 0.4) is 0 Å². The van der Waals surface area contributed by atoms with E-state index in [1.165, 1.54) is 18.2 Å². The molecule has 1 atom stereocenters. The lowest BCUT2D eigenvalue weighted by Gasteiger charge is -2.24. The van der Waals surface area contributed by atoms with Crippen molar-refractivity contribution in [3.8, 4) is 0 Å². The molecule has 0 radical (unpaired) electrons. The van der Waals surface area contributed by atoms with Crippen molar-refractivity contribution in [1.82, 2.24) is 0 Å². The number of ether oxygens (including phenoxy) is 1. The van der Waals surface area contributed by atoms with Crippen LogP contribution >= 0.6 is 0 Å². The van der Waals surface area contributed by atoms with E-state index in [1.54, 1.807) is 0 Å². The Labute approximate surface area is 115 Å². The Morgan fingerprint density at radius 3 is 2.95 bits per heavy atom. The number of carbonyl (C=O) groups is 1. The molecule has 0 saturated carbocycles. The number of hydrogen-bond acceptors (Lipinski definition) is 5. The van der Waals surface area contributed by atoms with Crippen LogP contribution in [0.25, 0.3) is 0 Å². The molecule has 20 heavy (non-hydrogen) atoms. The lowest BCUT2D eigenvalue weighted by Crippen LogP contribution is -2.30. The number of anilines is 1. The molecule has 108 valence electrons. The first-order chi connectivity index (χ1) is 9.49. The minimum Gasteiger partial charge on any atom is -0.478 e. The topological polar surface area (TPSA) is 92.9 Å². The van der Waals surface area contributed by atoms with Crippen molar-refractivity contribution in [2.24, 2.45) is 0 Å². The van der Waals surface area contributed by atoms with Crippen LogP contribution in [0.5, 0.6) is 0 Å². The van der Waals surface area contributed by atoms with Gasteiger partial charge < -0.3 is 14.7 Å². The molecule has 7 heteroatoms. The fraction of sp³-hybridized carbons (Fsp3) is 0.462. The molecule has 0 aromatic heterocycles. The number of rotatable bonds is 3. The smallest absolute Gasteiger partial charge is 0.335 e. The molecule has 1 unspecified atom stereocenters. The molecule has 1 heterocycles. The van der Waals surface area contributed by atoms with Gasteiger partial charge in [0.05, 0.1) is 16.6 Å². The van der Waals surface area contributed by atoms with Gasteiger partial charge in [0.25, 0.3) is 5.69 Å². The van der Waals surface area contributed by atoms with E-state index in [4.69, 9.17) is 9.84 Å². The zero-order valence-electron chi connectivity index (χ0n) is 11.1. The van der Waals surface area contributed by atoms with Gasteiger partial charge in [0.1, 0.15) is 5.69 Å². The Bertz CT molecular complexity index is 531. The van der Waals surface area contributed by atoms with Gasteiger partial charge in [0.2, 0.25) is 0 Å². The molecule has 0 bridgehead atoms. The van der Waals surface area contributed by atoms with E-state index in [1.807, 2.05) is 11.8 Å². The zero-order chi connectivity index (χ0) is 14.7. The summed E-state index contributed by atoms with van der Waals surface area (Å²) < 4.78 is 5.50. The standard InChI is InChI=1S/C13H16N2O5/c1-9-8-14(5-2-6-20-9)12-7-10(13(16)17)3-4-11(12)15(18)19/h3-4,7,9H,2,5-6,8H2,1H3,(H,16,17). The quantitative estimate of drug-likeness (QED) is 0.671. The van der Waals surface area contributed by atoms with Crippen molar-refractivity contribution in [2.45, 2.75) is 19.4 Å². The number of benzene rings is 1. The summed E-state index contributed by atoms with van der Waals surface area (Å²) >= 11 is 0. The third kappa shape index (κ3) is 3.05. The lowest BCUT2D eigenvalue weighted by molar-refractivity contribution is -0.384. The van der Waals surface area contributed by atoms with Gasteiger partial charge in [-0.1, -0.05) is 0 Å². The van der Waals surface area contributed by atoms with E-state index in [9.17, 15) is 14.9 Å². The molecule has 1 fully saturated rings. The number of carboxylic acids is 1. The van der Waals surface area contributed by atoms with Crippen molar-refractivity contribution < 1.29 is 19.6 Å². The summed E-state index contributed by atoms with van der Waals surface area (Å²) in [5.41, 5.74) is 0.305. The minimum absolute atomic E-state index is 0.0448. The summed E-state index contributed by atoms with van der Waals surface area (Å²) in [5, 5.41) is 20.1. The predicted octanol–water partition coefficient (Wildman–Crippen LogP) is 1.91. The molecule has 1 aliphatic heterocycles. The van der Waals surface area contributed by atoms with E-state index in [0.717, 1.165) is 6.42 Å². The van der Waals surface area contributed by atoms with Gasteiger partial charge in [0, 0.05) is 25.8 Å². The third-order valence-electron chi connectivity index (χ3n) is 3.21. The second kappa shape index (κ2) is 5.87. The molecule has 2 rings (SSSR count). The van der Waals surface area contributed by atoms with Crippen LogP contribution in [0.4, 0.5) is 11.4 Å². The van der Waals surface area contributed by atoms with Gasteiger partial charge in [0.15, 0.2) is 0 Å². The van der Waals surface area contributed by atoms with Crippen LogP contribution in [-0.4, -0.2) is 41.8 Å². The summed E-state index contributed by atoms with van der Waals surface area (Å²) in [6.45, 7) is 3.60. The first-order valence-corrected chi connectivity index (χ1v) is 6.37.